The van der Waals surface area contributed by atoms with Crippen molar-refractivity contribution >= 4 is 40.1 Å². The van der Waals surface area contributed by atoms with Gasteiger partial charge in [-0.15, -0.1) is 0 Å². The summed E-state index contributed by atoms with van der Waals surface area (Å²) in [6, 6.07) is 3.65. The highest BCUT2D eigenvalue weighted by Crippen LogP contribution is 2.44. The average molecular weight is 544 g/mol. The van der Waals surface area contributed by atoms with Crippen molar-refractivity contribution in [1.29, 1.82) is 0 Å². The minimum absolute atomic E-state index is 0.0659. The molecule has 2 aliphatic rings. The van der Waals surface area contributed by atoms with Gasteiger partial charge in [-0.05, 0) is 45.6 Å². The van der Waals surface area contributed by atoms with E-state index in [1.54, 1.807) is 12.0 Å². The van der Waals surface area contributed by atoms with Crippen LogP contribution >= 0.6 is 11.6 Å². The average Bonchev–Trinajstić information content (AvgIpc) is 3.37. The Balaban J connectivity index is 1.29. The van der Waals surface area contributed by atoms with E-state index >= 15 is 0 Å². The highest BCUT2D eigenvalue weighted by Gasteiger charge is 2.28. The molecule has 11 nitrogen and oxygen atoms in total. The van der Waals surface area contributed by atoms with Gasteiger partial charge >= 0.3 is 6.09 Å². The lowest BCUT2D eigenvalue weighted by Crippen LogP contribution is -2.42. The van der Waals surface area contributed by atoms with E-state index in [-0.39, 0.29) is 12.9 Å². The number of anilines is 2. The van der Waals surface area contributed by atoms with Gasteiger partial charge in [0.2, 0.25) is 12.5 Å². The van der Waals surface area contributed by atoms with E-state index in [4.69, 9.17) is 35.3 Å². The molecule has 4 heterocycles. The van der Waals surface area contributed by atoms with Crippen LogP contribution in [0, 0.1) is 5.92 Å². The number of amides is 1. The normalized spacial score (nSPS) is 15.4. The summed E-state index contributed by atoms with van der Waals surface area (Å²) < 4.78 is 28.2. The molecule has 1 saturated heterocycles. The molecule has 1 amide bonds. The Morgan fingerprint density at radius 1 is 1.16 bits per heavy atom. The zero-order chi connectivity index (χ0) is 26.9. The molecule has 0 atom stereocenters. The van der Waals surface area contributed by atoms with E-state index in [2.05, 4.69) is 20.3 Å². The van der Waals surface area contributed by atoms with Crippen LogP contribution in [-0.4, -0.2) is 65.1 Å². The maximum absolute atomic E-state index is 12.3. The summed E-state index contributed by atoms with van der Waals surface area (Å²) in [5.74, 6) is 2.73. The van der Waals surface area contributed by atoms with Gasteiger partial charge in [0.25, 0.3) is 5.88 Å². The second-order valence-corrected chi connectivity index (χ2v) is 10.5. The van der Waals surface area contributed by atoms with Crippen molar-refractivity contribution in [2.45, 2.75) is 39.2 Å². The lowest BCUT2D eigenvalue weighted by atomic mass is 9.98. The minimum Gasteiger partial charge on any atom is -0.493 e. The van der Waals surface area contributed by atoms with Crippen molar-refractivity contribution in [3.8, 4) is 23.1 Å². The number of hydrogen-bond acceptors (Lipinski definition) is 10. The van der Waals surface area contributed by atoms with Gasteiger partial charge < -0.3 is 33.9 Å². The first-order valence-corrected chi connectivity index (χ1v) is 12.7. The Kier molecular flexibility index (Phi) is 7.20. The van der Waals surface area contributed by atoms with Crippen LogP contribution in [-0.2, 0) is 4.74 Å². The van der Waals surface area contributed by atoms with Gasteiger partial charge in [-0.2, -0.15) is 0 Å². The maximum Gasteiger partial charge on any atom is 0.410 e. The number of pyridine rings is 1. The maximum atomic E-state index is 12.3. The van der Waals surface area contributed by atoms with Gasteiger partial charge in [0.1, 0.15) is 23.4 Å². The van der Waals surface area contributed by atoms with Crippen molar-refractivity contribution in [3.63, 3.8) is 0 Å². The Morgan fingerprint density at radius 2 is 1.95 bits per heavy atom. The topological polar surface area (TPSA) is 117 Å². The fourth-order valence-electron chi connectivity index (χ4n) is 4.32. The van der Waals surface area contributed by atoms with E-state index in [9.17, 15) is 4.79 Å². The van der Waals surface area contributed by atoms with E-state index in [1.165, 1.54) is 12.5 Å². The van der Waals surface area contributed by atoms with E-state index < -0.39 is 5.60 Å². The number of rotatable bonds is 6. The van der Waals surface area contributed by atoms with Gasteiger partial charge in [-0.1, -0.05) is 11.6 Å². The zero-order valence-corrected chi connectivity index (χ0v) is 22.5. The molecule has 1 aromatic carbocycles. The van der Waals surface area contributed by atoms with Crippen LogP contribution in [0.3, 0.4) is 0 Å². The number of carbonyl (C=O) groups excluding carboxylic acids is 1. The number of halogens is 1. The molecule has 12 heteroatoms. The van der Waals surface area contributed by atoms with Gasteiger partial charge in [0, 0.05) is 24.5 Å². The predicted molar refractivity (Wildman–Crippen MR) is 141 cm³/mol. The summed E-state index contributed by atoms with van der Waals surface area (Å²) in [4.78, 5) is 27.1. The second-order valence-electron chi connectivity index (χ2n) is 10.1. The van der Waals surface area contributed by atoms with Gasteiger partial charge in [0.05, 0.1) is 30.5 Å². The molecule has 2 aromatic heterocycles. The molecule has 202 valence electrons. The Labute approximate surface area is 225 Å². The first-order valence-electron chi connectivity index (χ1n) is 12.4. The van der Waals surface area contributed by atoms with Crippen molar-refractivity contribution < 1.29 is 28.5 Å². The number of piperidine rings is 1. The van der Waals surface area contributed by atoms with Crippen LogP contribution in [0.15, 0.2) is 24.7 Å². The largest absolute Gasteiger partial charge is 0.493 e. The molecule has 0 aliphatic carbocycles. The number of aromatic nitrogens is 3. The van der Waals surface area contributed by atoms with Gasteiger partial charge in [0.15, 0.2) is 11.5 Å². The smallest absolute Gasteiger partial charge is 0.410 e. The van der Waals surface area contributed by atoms with Crippen LogP contribution in [0.5, 0.6) is 23.1 Å². The molecule has 0 spiro atoms. The van der Waals surface area contributed by atoms with E-state index in [0.717, 1.165) is 12.8 Å². The van der Waals surface area contributed by atoms with Crippen molar-refractivity contribution in [2.75, 3.05) is 38.9 Å². The summed E-state index contributed by atoms with van der Waals surface area (Å²) in [5, 5.41) is 4.31. The number of ether oxygens (including phenoxy) is 5. The highest BCUT2D eigenvalue weighted by molar-refractivity contribution is 6.33. The Morgan fingerprint density at radius 3 is 2.68 bits per heavy atom. The molecule has 0 saturated carbocycles. The number of nitrogens with one attached hydrogen (secondary N) is 1. The van der Waals surface area contributed by atoms with Gasteiger partial charge in [-0.3, -0.25) is 0 Å². The summed E-state index contributed by atoms with van der Waals surface area (Å²) in [7, 11) is 1.59. The van der Waals surface area contributed by atoms with E-state index in [0.29, 0.717) is 76.2 Å². The van der Waals surface area contributed by atoms with Crippen LogP contribution in [0.4, 0.5) is 16.3 Å². The molecule has 0 radical (unpaired) electrons. The van der Waals surface area contributed by atoms with Crippen LogP contribution < -0.4 is 24.3 Å². The lowest BCUT2D eigenvalue weighted by Gasteiger charge is -2.33. The third-order valence-corrected chi connectivity index (χ3v) is 6.55. The summed E-state index contributed by atoms with van der Waals surface area (Å²) in [6.45, 7) is 7.45. The second kappa shape index (κ2) is 10.6. The zero-order valence-electron chi connectivity index (χ0n) is 21.7. The number of likely N-dealkylation sites (tertiary alicyclic amines) is 1. The number of carbonyl (C=O) groups is 1. The predicted octanol–water partition coefficient (Wildman–Crippen LogP) is 5.19. The molecule has 38 heavy (non-hydrogen) atoms. The van der Waals surface area contributed by atoms with Crippen molar-refractivity contribution in [1.82, 2.24) is 19.9 Å². The molecule has 2 aliphatic heterocycles. The Hall–Kier alpha value is -3.73. The molecule has 0 bridgehead atoms. The van der Waals surface area contributed by atoms with Crippen LogP contribution in [0.25, 0.3) is 10.9 Å². The molecule has 5 rings (SSSR count). The standard InChI is InChI=1S/C26H30ClN5O6/c1-26(2,3)38-25(33)32-7-5-15(6-8-32)12-35-20-10-18-16(9-19(20)34-4)23(30-13-29-18)31-21-17(27)11-28-24-22(21)36-14-37-24/h9-11,13,15H,5-8,12,14H2,1-4H3,(H,28,29,30,31). The molecule has 0 unspecified atom stereocenters. The molecular formula is C26H30ClN5O6. The third-order valence-electron chi connectivity index (χ3n) is 6.26. The SMILES string of the molecule is COc1cc2c(Nc3c(Cl)cnc4c3OCO4)ncnc2cc1OCC1CCN(C(=O)OC(C)(C)C)CC1. The fourth-order valence-corrected chi connectivity index (χ4v) is 4.50. The monoisotopic (exact) mass is 543 g/mol. The number of methoxy groups -OCH3 is 1. The van der Waals surface area contributed by atoms with Crippen LogP contribution in [0.1, 0.15) is 33.6 Å². The number of nitrogens with zero attached hydrogens (tertiary/aromatic N) is 4. The van der Waals surface area contributed by atoms with Crippen molar-refractivity contribution in [3.05, 3.63) is 29.7 Å². The number of hydrogen-bond donors (Lipinski definition) is 1. The van der Waals surface area contributed by atoms with E-state index in [1.807, 2.05) is 32.9 Å². The molecule has 3 aromatic rings. The number of benzene rings is 1. The van der Waals surface area contributed by atoms with Crippen LogP contribution in [0.2, 0.25) is 5.02 Å². The third kappa shape index (κ3) is 5.57. The lowest BCUT2D eigenvalue weighted by molar-refractivity contribution is 0.0164. The molecule has 1 fully saturated rings. The van der Waals surface area contributed by atoms with Gasteiger partial charge in [-0.25, -0.2) is 19.7 Å². The highest BCUT2D eigenvalue weighted by atomic mass is 35.5. The fraction of sp³-hybridized carbons (Fsp3) is 0.462. The first-order chi connectivity index (χ1) is 18.2. The quantitative estimate of drug-likeness (QED) is 0.445. The Bertz CT molecular complexity index is 1340. The summed E-state index contributed by atoms with van der Waals surface area (Å²) in [5.41, 5.74) is 0.665. The molecular weight excluding hydrogens is 514 g/mol. The minimum atomic E-state index is -0.505. The first kappa shape index (κ1) is 25.9. The molecule has 1 N–H and O–H groups in total. The summed E-state index contributed by atoms with van der Waals surface area (Å²) >= 11 is 6.38. The number of fused-ring (bicyclic) bond motifs is 2. The van der Waals surface area contributed by atoms with Crippen molar-refractivity contribution in [2.24, 2.45) is 5.92 Å². The summed E-state index contributed by atoms with van der Waals surface area (Å²) in [6.07, 6.45) is 4.34.